The third kappa shape index (κ3) is 5.29. The van der Waals surface area contributed by atoms with Crippen LogP contribution in [0.5, 0.6) is 0 Å². The Morgan fingerprint density at radius 2 is 1.96 bits per heavy atom. The van der Waals surface area contributed by atoms with Gasteiger partial charge in [-0.2, -0.15) is 0 Å². The van der Waals surface area contributed by atoms with E-state index < -0.39 is 23.4 Å². The van der Waals surface area contributed by atoms with E-state index in [1.165, 1.54) is 25.1 Å². The summed E-state index contributed by atoms with van der Waals surface area (Å²) in [5.74, 6) is -1.24. The number of rotatable bonds is 7. The lowest BCUT2D eigenvalue weighted by molar-refractivity contribution is -0.385. The normalized spacial score (nSPS) is 10.2. The molecule has 0 fully saturated rings. The van der Waals surface area contributed by atoms with Gasteiger partial charge < -0.3 is 10.1 Å². The van der Waals surface area contributed by atoms with Crippen LogP contribution in [0.4, 0.5) is 5.69 Å². The summed E-state index contributed by atoms with van der Waals surface area (Å²) < 4.78 is 4.93. The number of esters is 1. The van der Waals surface area contributed by atoms with E-state index in [1.807, 2.05) is 12.1 Å². The third-order valence-corrected chi connectivity index (χ3v) is 3.92. The minimum atomic E-state index is -0.781. The van der Waals surface area contributed by atoms with E-state index in [-0.39, 0.29) is 16.8 Å². The Kier molecular flexibility index (Phi) is 6.68. The number of carbonyl (C=O) groups excluding carboxylic acids is 2. The molecule has 0 aromatic heterocycles. The minimum Gasteiger partial charge on any atom is -0.452 e. The summed E-state index contributed by atoms with van der Waals surface area (Å²) in [6.07, 6.45) is 0.588. The molecule has 1 amide bonds. The van der Waals surface area contributed by atoms with Crippen molar-refractivity contribution in [3.63, 3.8) is 0 Å². The van der Waals surface area contributed by atoms with Gasteiger partial charge in [0, 0.05) is 23.2 Å². The number of carbonyl (C=O) groups is 2. The Labute approximate surface area is 155 Å². The molecule has 2 rings (SSSR count). The SMILES string of the molecule is Cc1c(C(=O)OCC(=O)NCCc2cccc(Cl)c2)cccc1[N+](=O)[O-]. The van der Waals surface area contributed by atoms with Crippen molar-refractivity contribution >= 4 is 29.2 Å². The van der Waals surface area contributed by atoms with Gasteiger partial charge in [-0.3, -0.25) is 14.9 Å². The van der Waals surface area contributed by atoms with Crippen molar-refractivity contribution in [3.05, 3.63) is 74.3 Å². The van der Waals surface area contributed by atoms with Crippen molar-refractivity contribution in [2.24, 2.45) is 0 Å². The number of ether oxygens (including phenoxy) is 1. The molecule has 0 radical (unpaired) electrons. The maximum atomic E-state index is 12.0. The van der Waals surface area contributed by atoms with Crippen LogP contribution in [0.1, 0.15) is 21.5 Å². The Balaban J connectivity index is 1.83. The molecule has 0 saturated carbocycles. The smallest absolute Gasteiger partial charge is 0.339 e. The molecule has 8 heteroatoms. The van der Waals surface area contributed by atoms with Gasteiger partial charge in [0.15, 0.2) is 6.61 Å². The number of hydrogen-bond acceptors (Lipinski definition) is 5. The van der Waals surface area contributed by atoms with Crippen LogP contribution < -0.4 is 5.32 Å². The highest BCUT2D eigenvalue weighted by Gasteiger charge is 2.19. The average Bonchev–Trinajstić information content (AvgIpc) is 2.59. The lowest BCUT2D eigenvalue weighted by Crippen LogP contribution is -2.30. The van der Waals surface area contributed by atoms with Crippen molar-refractivity contribution < 1.29 is 19.2 Å². The summed E-state index contributed by atoms with van der Waals surface area (Å²) in [6, 6.07) is 11.4. The molecular weight excluding hydrogens is 360 g/mol. The molecule has 0 saturated heterocycles. The van der Waals surface area contributed by atoms with E-state index in [4.69, 9.17) is 16.3 Å². The highest BCUT2D eigenvalue weighted by molar-refractivity contribution is 6.30. The zero-order chi connectivity index (χ0) is 19.1. The number of nitrogens with one attached hydrogen (secondary N) is 1. The molecule has 0 heterocycles. The highest BCUT2D eigenvalue weighted by atomic mass is 35.5. The lowest BCUT2D eigenvalue weighted by atomic mass is 10.1. The number of hydrogen-bond donors (Lipinski definition) is 1. The number of amides is 1. The molecule has 2 aromatic rings. The van der Waals surface area contributed by atoms with Crippen molar-refractivity contribution in [1.82, 2.24) is 5.32 Å². The highest BCUT2D eigenvalue weighted by Crippen LogP contribution is 2.21. The first-order valence-electron chi connectivity index (χ1n) is 7.80. The molecule has 0 bridgehead atoms. The summed E-state index contributed by atoms with van der Waals surface area (Å²) >= 11 is 5.89. The number of halogens is 1. The molecule has 0 atom stereocenters. The van der Waals surface area contributed by atoms with Gasteiger partial charge in [0.05, 0.1) is 10.5 Å². The largest absolute Gasteiger partial charge is 0.452 e. The first kappa shape index (κ1) is 19.4. The average molecular weight is 377 g/mol. The van der Waals surface area contributed by atoms with Crippen LogP contribution in [-0.2, 0) is 16.0 Å². The minimum absolute atomic E-state index is 0.0610. The third-order valence-electron chi connectivity index (χ3n) is 3.68. The first-order chi connectivity index (χ1) is 12.4. The quantitative estimate of drug-likeness (QED) is 0.455. The van der Waals surface area contributed by atoms with Crippen molar-refractivity contribution in [2.75, 3.05) is 13.2 Å². The fourth-order valence-electron chi connectivity index (χ4n) is 2.34. The Morgan fingerprint density at radius 3 is 2.65 bits per heavy atom. The monoisotopic (exact) mass is 376 g/mol. The number of benzene rings is 2. The fraction of sp³-hybridized carbons (Fsp3) is 0.222. The molecule has 0 spiro atoms. The van der Waals surface area contributed by atoms with Crippen molar-refractivity contribution in [3.8, 4) is 0 Å². The van der Waals surface area contributed by atoms with Crippen molar-refractivity contribution in [2.45, 2.75) is 13.3 Å². The fourth-order valence-corrected chi connectivity index (χ4v) is 2.55. The summed E-state index contributed by atoms with van der Waals surface area (Å²) in [6.45, 7) is 1.36. The molecule has 0 aliphatic carbocycles. The molecule has 0 unspecified atom stereocenters. The predicted octanol–water partition coefficient (Wildman–Crippen LogP) is 3.07. The van der Waals surface area contributed by atoms with Gasteiger partial charge in [-0.15, -0.1) is 0 Å². The zero-order valence-corrected chi connectivity index (χ0v) is 14.8. The standard InChI is InChI=1S/C18H17ClN2O5/c1-12-15(6-3-7-16(12)21(24)25)18(23)26-11-17(22)20-9-8-13-4-2-5-14(19)10-13/h2-7,10H,8-9,11H2,1H3,(H,20,22). The van der Waals surface area contributed by atoms with Gasteiger partial charge >= 0.3 is 5.97 Å². The number of nitrogens with zero attached hydrogens (tertiary/aromatic N) is 1. The van der Waals surface area contributed by atoms with Crippen LogP contribution in [0.2, 0.25) is 5.02 Å². The number of nitro benzene ring substituents is 1. The number of nitro groups is 1. The molecule has 136 valence electrons. The van der Waals surface area contributed by atoms with Gasteiger partial charge in [0.1, 0.15) is 0 Å². The van der Waals surface area contributed by atoms with E-state index in [2.05, 4.69) is 5.32 Å². The topological polar surface area (TPSA) is 98.5 Å². The van der Waals surface area contributed by atoms with Crippen LogP contribution in [0.15, 0.2) is 42.5 Å². The Morgan fingerprint density at radius 1 is 1.23 bits per heavy atom. The maximum absolute atomic E-state index is 12.0. The van der Waals surface area contributed by atoms with Gasteiger partial charge in [-0.1, -0.05) is 29.8 Å². The molecular formula is C18H17ClN2O5. The summed E-state index contributed by atoms with van der Waals surface area (Å²) in [5, 5.41) is 14.2. The summed E-state index contributed by atoms with van der Waals surface area (Å²) in [7, 11) is 0. The van der Waals surface area contributed by atoms with Gasteiger partial charge in [0.25, 0.3) is 11.6 Å². The maximum Gasteiger partial charge on any atom is 0.339 e. The van der Waals surface area contributed by atoms with E-state index >= 15 is 0 Å². The summed E-state index contributed by atoms with van der Waals surface area (Å²) in [5.41, 5.74) is 1.06. The van der Waals surface area contributed by atoms with E-state index in [0.29, 0.717) is 18.0 Å². The van der Waals surface area contributed by atoms with E-state index in [9.17, 15) is 19.7 Å². The molecule has 7 nitrogen and oxygen atoms in total. The second-order valence-electron chi connectivity index (χ2n) is 5.51. The molecule has 26 heavy (non-hydrogen) atoms. The molecule has 0 aliphatic heterocycles. The van der Waals surface area contributed by atoms with Crippen LogP contribution >= 0.6 is 11.6 Å². The van der Waals surface area contributed by atoms with Gasteiger partial charge in [-0.25, -0.2) is 4.79 Å². The van der Waals surface area contributed by atoms with E-state index in [1.54, 1.807) is 12.1 Å². The molecule has 0 aliphatic rings. The Hall–Kier alpha value is -2.93. The summed E-state index contributed by atoms with van der Waals surface area (Å²) in [4.78, 5) is 34.1. The molecule has 2 aromatic carbocycles. The van der Waals surface area contributed by atoms with Crippen LogP contribution in [0.3, 0.4) is 0 Å². The van der Waals surface area contributed by atoms with E-state index in [0.717, 1.165) is 5.56 Å². The first-order valence-corrected chi connectivity index (χ1v) is 8.18. The second-order valence-corrected chi connectivity index (χ2v) is 5.95. The zero-order valence-electron chi connectivity index (χ0n) is 14.0. The van der Waals surface area contributed by atoms with Crippen molar-refractivity contribution in [1.29, 1.82) is 0 Å². The van der Waals surface area contributed by atoms with Crippen LogP contribution in [0, 0.1) is 17.0 Å². The van der Waals surface area contributed by atoms with Crippen LogP contribution in [-0.4, -0.2) is 30.0 Å². The molecule has 1 N–H and O–H groups in total. The van der Waals surface area contributed by atoms with Gasteiger partial charge in [-0.05, 0) is 37.1 Å². The second kappa shape index (κ2) is 8.96. The Bertz CT molecular complexity index is 838. The predicted molar refractivity (Wildman–Crippen MR) is 96.3 cm³/mol. The van der Waals surface area contributed by atoms with Gasteiger partial charge in [0.2, 0.25) is 0 Å². The van der Waals surface area contributed by atoms with Crippen LogP contribution in [0.25, 0.3) is 0 Å². The lowest BCUT2D eigenvalue weighted by Gasteiger charge is -2.08.